The van der Waals surface area contributed by atoms with Crippen molar-refractivity contribution in [3.8, 4) is 0 Å². The Hall–Kier alpha value is 0.495. The van der Waals surface area contributed by atoms with Crippen molar-refractivity contribution in [2.24, 2.45) is 11.8 Å². The third-order valence-electron chi connectivity index (χ3n) is 2.31. The molecule has 0 aromatic carbocycles. The van der Waals surface area contributed by atoms with Crippen molar-refractivity contribution in [3.63, 3.8) is 0 Å². The summed E-state index contributed by atoms with van der Waals surface area (Å²) >= 11 is 0. The number of rotatable bonds is 2. The molecule has 0 aromatic rings. The van der Waals surface area contributed by atoms with Crippen molar-refractivity contribution in [2.75, 3.05) is 0 Å². The first kappa shape index (κ1) is 8.59. The zero-order valence-electron chi connectivity index (χ0n) is 7.35. The fourth-order valence-electron chi connectivity index (χ4n) is 2.09. The van der Waals surface area contributed by atoms with E-state index in [-0.39, 0.29) is 0 Å². The summed E-state index contributed by atoms with van der Waals surface area (Å²) in [6.07, 6.45) is 4.29. The van der Waals surface area contributed by atoms with Crippen LogP contribution in [0, 0.1) is 11.8 Å². The van der Waals surface area contributed by atoms with Gasteiger partial charge in [-0.25, -0.2) is 0 Å². The van der Waals surface area contributed by atoms with Crippen LogP contribution in [0.1, 0.15) is 33.1 Å². The molecule has 1 aliphatic rings. The summed E-state index contributed by atoms with van der Waals surface area (Å²) in [4.78, 5) is 0. The number of hydrogen-bond acceptors (Lipinski definition) is 0. The molecule has 10 heavy (non-hydrogen) atoms. The van der Waals surface area contributed by atoms with Crippen molar-refractivity contribution in [2.45, 2.75) is 38.2 Å². The van der Waals surface area contributed by atoms with E-state index in [1.54, 1.807) is 0 Å². The maximum Gasteiger partial charge on any atom is 0.114 e. The Morgan fingerprint density at radius 3 is 2.40 bits per heavy atom. The lowest BCUT2D eigenvalue weighted by molar-refractivity contribution is 0.250. The van der Waals surface area contributed by atoms with Gasteiger partial charge >= 0.3 is 0 Å². The maximum absolute atomic E-state index is 2.96. The molecule has 0 aromatic heterocycles. The molecule has 1 rings (SSSR count). The smallest absolute Gasteiger partial charge is 0.114 e. The molecule has 1 aliphatic carbocycles. The van der Waals surface area contributed by atoms with Crippen LogP contribution in [0.5, 0.6) is 0 Å². The third kappa shape index (κ3) is 2.27. The predicted molar refractivity (Wildman–Crippen MR) is 53.2 cm³/mol. The Bertz CT molecular complexity index is 110. The van der Waals surface area contributed by atoms with Crippen LogP contribution in [0.2, 0.25) is 0 Å². The highest BCUT2D eigenvalue weighted by atomic mass is 31.0. The van der Waals surface area contributed by atoms with Gasteiger partial charge in [0.25, 0.3) is 0 Å². The highest BCUT2D eigenvalue weighted by Gasteiger charge is 2.35. The average Bonchev–Trinajstić information content (AvgIpc) is 1.57. The second-order valence-electron chi connectivity index (χ2n) is 4.56. The van der Waals surface area contributed by atoms with Crippen LogP contribution in [-0.2, 0) is 0 Å². The van der Waals surface area contributed by atoms with Crippen molar-refractivity contribution in [1.82, 2.24) is 0 Å². The predicted octanol–water partition coefficient (Wildman–Crippen LogP) is 1.65. The normalized spacial score (nSPS) is 39.8. The van der Waals surface area contributed by atoms with Gasteiger partial charge in [-0.3, -0.25) is 0 Å². The molecule has 1 fully saturated rings. The molecule has 0 bridgehead atoms. The topological polar surface area (TPSA) is 0 Å². The van der Waals surface area contributed by atoms with Crippen molar-refractivity contribution < 1.29 is 0 Å². The second-order valence-corrected chi connectivity index (χ2v) is 5.95. The van der Waals surface area contributed by atoms with E-state index in [9.17, 15) is 0 Å². The quantitative estimate of drug-likeness (QED) is 0.421. The number of hydrogen-bond donors (Lipinski definition) is 0. The summed E-state index contributed by atoms with van der Waals surface area (Å²) in [5.41, 5.74) is 0. The van der Waals surface area contributed by atoms with E-state index in [1.807, 2.05) is 0 Å². The molecule has 58 valence electrons. The molecular formula is C8H18BP. The van der Waals surface area contributed by atoms with Crippen LogP contribution < -0.4 is 0 Å². The molecule has 1 unspecified atom stereocenters. The van der Waals surface area contributed by atoms with E-state index in [4.69, 9.17) is 0 Å². The van der Waals surface area contributed by atoms with Crippen LogP contribution in [0.3, 0.4) is 0 Å². The van der Waals surface area contributed by atoms with Gasteiger partial charge < -0.3 is 0 Å². The fourth-order valence-corrected chi connectivity index (χ4v) is 2.76. The van der Waals surface area contributed by atoms with E-state index >= 15 is 0 Å². The van der Waals surface area contributed by atoms with Gasteiger partial charge in [-0.15, -0.1) is 9.24 Å². The fraction of sp³-hybridized carbons (Fsp3) is 1.00. The molecule has 0 radical (unpaired) electrons. The minimum Gasteiger partial charge on any atom is -0.140 e. The van der Waals surface area contributed by atoms with E-state index in [0.29, 0.717) is 5.06 Å². The van der Waals surface area contributed by atoms with Gasteiger partial charge in [0.2, 0.25) is 0 Å². The molecule has 1 atom stereocenters. The zero-order chi connectivity index (χ0) is 7.78. The van der Waals surface area contributed by atoms with Crippen molar-refractivity contribution in [3.05, 3.63) is 0 Å². The second kappa shape index (κ2) is 2.85. The van der Waals surface area contributed by atoms with Gasteiger partial charge in [-0.2, -0.15) is 0 Å². The van der Waals surface area contributed by atoms with Crippen LogP contribution in [0.4, 0.5) is 0 Å². The van der Waals surface area contributed by atoms with Crippen molar-refractivity contribution >= 4 is 17.1 Å². The lowest BCUT2D eigenvalue weighted by Crippen LogP contribution is -2.38. The molecule has 0 heterocycles. The summed E-state index contributed by atoms with van der Waals surface area (Å²) < 4.78 is 0. The van der Waals surface area contributed by atoms with Gasteiger partial charge in [0.05, 0.1) is 0 Å². The largest absolute Gasteiger partial charge is 0.140 e. The zero-order valence-corrected chi connectivity index (χ0v) is 8.51. The highest BCUT2D eigenvalue weighted by molar-refractivity contribution is 7.22. The van der Waals surface area contributed by atoms with E-state index in [0.717, 1.165) is 11.8 Å². The van der Waals surface area contributed by atoms with Crippen LogP contribution >= 0.6 is 9.24 Å². The van der Waals surface area contributed by atoms with Crippen LogP contribution in [-0.4, -0.2) is 12.9 Å². The average molecular weight is 156 g/mol. The minimum absolute atomic E-state index is 0.597. The van der Waals surface area contributed by atoms with Gasteiger partial charge in [0.1, 0.15) is 7.85 Å². The van der Waals surface area contributed by atoms with E-state index in [2.05, 4.69) is 30.9 Å². The summed E-state index contributed by atoms with van der Waals surface area (Å²) in [6.45, 7) is 4.64. The molecule has 2 heteroatoms. The van der Waals surface area contributed by atoms with Crippen molar-refractivity contribution in [1.29, 1.82) is 0 Å². The Labute approximate surface area is 67.8 Å². The molecule has 0 N–H and O–H groups in total. The lowest BCUT2D eigenvalue weighted by atomic mass is 9.61. The van der Waals surface area contributed by atoms with E-state index < -0.39 is 0 Å². The molecule has 0 saturated heterocycles. The van der Waals surface area contributed by atoms with Gasteiger partial charge in [0.15, 0.2) is 0 Å². The lowest BCUT2D eigenvalue weighted by Gasteiger charge is -2.43. The Kier molecular flexibility index (Phi) is 2.45. The SMILES string of the molecule is BC1(P)CC(CC(C)C)C1. The van der Waals surface area contributed by atoms with Crippen LogP contribution in [0.25, 0.3) is 0 Å². The molecule has 0 aliphatic heterocycles. The molecule has 0 spiro atoms. The molecule has 0 nitrogen and oxygen atoms in total. The minimum atomic E-state index is 0.597. The molecular weight excluding hydrogens is 138 g/mol. The van der Waals surface area contributed by atoms with Gasteiger partial charge in [-0.1, -0.05) is 13.8 Å². The first-order chi connectivity index (χ1) is 4.49. The summed E-state index contributed by atoms with van der Waals surface area (Å²) in [5, 5.41) is 0.597. The van der Waals surface area contributed by atoms with Crippen LogP contribution in [0.15, 0.2) is 0 Å². The summed E-state index contributed by atoms with van der Waals surface area (Å²) in [5.74, 6) is 1.92. The van der Waals surface area contributed by atoms with E-state index in [1.165, 1.54) is 19.3 Å². The Morgan fingerprint density at radius 1 is 1.60 bits per heavy atom. The monoisotopic (exact) mass is 156 g/mol. The Morgan fingerprint density at radius 2 is 2.10 bits per heavy atom. The maximum atomic E-state index is 2.96. The highest BCUT2D eigenvalue weighted by Crippen LogP contribution is 2.44. The Balaban J connectivity index is 2.15. The molecule has 1 saturated carbocycles. The first-order valence-electron chi connectivity index (χ1n) is 4.28. The summed E-state index contributed by atoms with van der Waals surface area (Å²) in [7, 11) is 5.31. The first-order valence-corrected chi connectivity index (χ1v) is 4.86. The van der Waals surface area contributed by atoms with Gasteiger partial charge in [-0.05, 0) is 36.2 Å². The standard InChI is InChI=1S/C8H18BP/c1-6(2)3-7-4-8(9,10)5-7/h6-7H,3-5,9-10H2,1-2H3. The van der Waals surface area contributed by atoms with Gasteiger partial charge in [0, 0.05) is 0 Å². The molecule has 0 amide bonds. The summed E-state index contributed by atoms with van der Waals surface area (Å²) in [6, 6.07) is 0. The third-order valence-corrected chi connectivity index (χ3v) is 2.79.